The Balaban J connectivity index is 2.24. The summed E-state index contributed by atoms with van der Waals surface area (Å²) in [6.07, 6.45) is 1.49. The standard InChI is InChI=1S/C12H10N2O4S2/c1-6-9(10(15)16)20-12(14-6)19-7-3-4-13-8(5-7)11(17)18-2/h3-5H,1-2H3,(H,15,16). The van der Waals surface area contributed by atoms with Crippen LogP contribution in [-0.4, -0.2) is 34.1 Å². The van der Waals surface area contributed by atoms with Gasteiger partial charge in [0.25, 0.3) is 0 Å². The monoisotopic (exact) mass is 310 g/mol. The number of aromatic nitrogens is 2. The number of carboxylic acids is 1. The summed E-state index contributed by atoms with van der Waals surface area (Å²) in [4.78, 5) is 31.4. The van der Waals surface area contributed by atoms with Crippen LogP contribution in [-0.2, 0) is 4.74 Å². The molecule has 0 aliphatic rings. The topological polar surface area (TPSA) is 89.4 Å². The van der Waals surface area contributed by atoms with Crippen molar-refractivity contribution in [3.63, 3.8) is 0 Å². The Hall–Kier alpha value is -1.93. The maximum Gasteiger partial charge on any atom is 0.356 e. The third kappa shape index (κ3) is 3.14. The first-order valence-electron chi connectivity index (χ1n) is 5.44. The van der Waals surface area contributed by atoms with E-state index >= 15 is 0 Å². The van der Waals surface area contributed by atoms with Crippen LogP contribution >= 0.6 is 23.1 Å². The zero-order valence-corrected chi connectivity index (χ0v) is 12.2. The van der Waals surface area contributed by atoms with Crippen molar-refractivity contribution in [1.29, 1.82) is 0 Å². The van der Waals surface area contributed by atoms with Gasteiger partial charge in [-0.15, -0.1) is 11.3 Å². The molecule has 1 N–H and O–H groups in total. The third-order valence-electron chi connectivity index (χ3n) is 2.30. The smallest absolute Gasteiger partial charge is 0.356 e. The molecule has 8 heteroatoms. The van der Waals surface area contributed by atoms with Gasteiger partial charge in [-0.2, -0.15) is 0 Å². The number of methoxy groups -OCH3 is 1. The minimum Gasteiger partial charge on any atom is -0.477 e. The molecule has 2 aromatic heterocycles. The number of nitrogens with zero attached hydrogens (tertiary/aromatic N) is 2. The first-order valence-corrected chi connectivity index (χ1v) is 7.07. The van der Waals surface area contributed by atoms with E-state index in [1.165, 1.54) is 25.1 Å². The molecule has 2 aromatic rings. The summed E-state index contributed by atoms with van der Waals surface area (Å²) in [5, 5.41) is 8.98. The molecule has 0 saturated carbocycles. The Bertz CT molecular complexity index is 669. The van der Waals surface area contributed by atoms with Crippen LogP contribution < -0.4 is 0 Å². The highest BCUT2D eigenvalue weighted by Gasteiger charge is 2.15. The second-order valence-corrected chi connectivity index (χ2v) is 5.99. The van der Waals surface area contributed by atoms with E-state index in [1.54, 1.807) is 19.1 Å². The fraction of sp³-hybridized carbons (Fsp3) is 0.167. The Labute approximate surface area is 122 Å². The van der Waals surface area contributed by atoms with Gasteiger partial charge in [-0.05, 0) is 19.1 Å². The van der Waals surface area contributed by atoms with Gasteiger partial charge in [0.2, 0.25) is 0 Å². The number of esters is 1. The van der Waals surface area contributed by atoms with E-state index in [0.717, 1.165) is 16.2 Å². The molecule has 0 aliphatic carbocycles. The van der Waals surface area contributed by atoms with Crippen LogP contribution in [0.2, 0.25) is 0 Å². The number of hydrogen-bond acceptors (Lipinski definition) is 7. The summed E-state index contributed by atoms with van der Waals surface area (Å²) < 4.78 is 5.19. The fourth-order valence-electron chi connectivity index (χ4n) is 1.41. The Morgan fingerprint density at radius 3 is 2.80 bits per heavy atom. The second-order valence-electron chi connectivity index (χ2n) is 3.67. The molecular weight excluding hydrogens is 300 g/mol. The first-order chi connectivity index (χ1) is 9.51. The summed E-state index contributed by atoms with van der Waals surface area (Å²) in [6, 6.07) is 3.29. The molecule has 0 aromatic carbocycles. The van der Waals surface area contributed by atoms with Gasteiger partial charge in [0.15, 0.2) is 4.34 Å². The molecule has 0 saturated heterocycles. The summed E-state index contributed by atoms with van der Waals surface area (Å²) in [5.41, 5.74) is 0.677. The highest BCUT2D eigenvalue weighted by atomic mass is 32.2. The molecule has 0 fully saturated rings. The number of hydrogen-bond donors (Lipinski definition) is 1. The highest BCUT2D eigenvalue weighted by molar-refractivity contribution is 8.01. The molecule has 6 nitrogen and oxygen atoms in total. The second kappa shape index (κ2) is 6.02. The molecule has 0 bridgehead atoms. The van der Waals surface area contributed by atoms with Crippen molar-refractivity contribution >= 4 is 35.0 Å². The molecule has 0 atom stereocenters. The van der Waals surface area contributed by atoms with Gasteiger partial charge in [0.05, 0.1) is 12.8 Å². The summed E-state index contributed by atoms with van der Waals surface area (Å²) in [7, 11) is 1.28. The Morgan fingerprint density at radius 1 is 1.45 bits per heavy atom. The van der Waals surface area contributed by atoms with E-state index in [0.29, 0.717) is 10.0 Å². The predicted molar refractivity (Wildman–Crippen MR) is 73.5 cm³/mol. The van der Waals surface area contributed by atoms with Crippen molar-refractivity contribution in [3.8, 4) is 0 Å². The number of carboxylic acid groups (broad SMARTS) is 1. The Kier molecular flexibility index (Phi) is 4.35. The molecule has 20 heavy (non-hydrogen) atoms. The van der Waals surface area contributed by atoms with Crippen LogP contribution in [0.25, 0.3) is 0 Å². The third-order valence-corrected chi connectivity index (χ3v) is 4.50. The maximum atomic E-state index is 11.4. The molecule has 0 amide bonds. The molecule has 104 valence electrons. The zero-order valence-electron chi connectivity index (χ0n) is 10.6. The quantitative estimate of drug-likeness (QED) is 0.868. The van der Waals surface area contributed by atoms with Crippen LogP contribution in [0.4, 0.5) is 0 Å². The van der Waals surface area contributed by atoms with Gasteiger partial charge in [-0.25, -0.2) is 19.6 Å². The summed E-state index contributed by atoms with van der Waals surface area (Å²) >= 11 is 2.38. The lowest BCUT2D eigenvalue weighted by Crippen LogP contribution is -2.03. The lowest BCUT2D eigenvalue weighted by molar-refractivity contribution is 0.0593. The average molecular weight is 310 g/mol. The van der Waals surface area contributed by atoms with Crippen molar-refractivity contribution in [3.05, 3.63) is 34.6 Å². The van der Waals surface area contributed by atoms with Crippen molar-refractivity contribution in [1.82, 2.24) is 9.97 Å². The number of carbonyl (C=O) groups excluding carboxylic acids is 1. The zero-order chi connectivity index (χ0) is 14.7. The molecule has 0 spiro atoms. The molecular formula is C12H10N2O4S2. The number of rotatable bonds is 4. The van der Waals surface area contributed by atoms with Crippen LogP contribution in [0.3, 0.4) is 0 Å². The lowest BCUT2D eigenvalue weighted by Gasteiger charge is -2.00. The van der Waals surface area contributed by atoms with E-state index in [1.807, 2.05) is 0 Å². The van der Waals surface area contributed by atoms with Crippen molar-refractivity contribution < 1.29 is 19.4 Å². The van der Waals surface area contributed by atoms with Crippen LogP contribution in [0.15, 0.2) is 27.6 Å². The van der Waals surface area contributed by atoms with Gasteiger partial charge < -0.3 is 9.84 Å². The minimum absolute atomic E-state index is 0.198. The largest absolute Gasteiger partial charge is 0.477 e. The molecule has 0 unspecified atom stereocenters. The number of carbonyl (C=O) groups is 2. The highest BCUT2D eigenvalue weighted by Crippen LogP contribution is 2.32. The van der Waals surface area contributed by atoms with Crippen molar-refractivity contribution in [2.24, 2.45) is 0 Å². The van der Waals surface area contributed by atoms with E-state index in [2.05, 4.69) is 14.7 Å². The fourth-order valence-corrected chi connectivity index (χ4v) is 3.43. The number of aryl methyl sites for hydroxylation is 1. The molecule has 2 rings (SSSR count). The molecule has 0 aliphatic heterocycles. The number of aromatic carboxylic acids is 1. The number of pyridine rings is 1. The lowest BCUT2D eigenvalue weighted by atomic mass is 10.3. The van der Waals surface area contributed by atoms with Gasteiger partial charge >= 0.3 is 11.9 Å². The minimum atomic E-state index is -0.989. The Morgan fingerprint density at radius 2 is 2.20 bits per heavy atom. The van der Waals surface area contributed by atoms with E-state index in [4.69, 9.17) is 5.11 Å². The van der Waals surface area contributed by atoms with E-state index < -0.39 is 11.9 Å². The predicted octanol–water partition coefficient (Wildman–Crippen LogP) is 2.48. The van der Waals surface area contributed by atoms with E-state index in [-0.39, 0.29) is 10.6 Å². The van der Waals surface area contributed by atoms with Gasteiger partial charge in [-0.3, -0.25) is 0 Å². The summed E-state index contributed by atoms with van der Waals surface area (Å²) in [5.74, 6) is -1.51. The number of ether oxygens (including phenoxy) is 1. The van der Waals surface area contributed by atoms with Gasteiger partial charge in [0, 0.05) is 11.1 Å². The first kappa shape index (κ1) is 14.5. The SMILES string of the molecule is COC(=O)c1cc(Sc2nc(C)c(C(=O)O)s2)ccn1. The normalized spacial score (nSPS) is 10.3. The van der Waals surface area contributed by atoms with Gasteiger partial charge in [-0.1, -0.05) is 11.8 Å². The number of thiazole rings is 1. The molecule has 2 heterocycles. The van der Waals surface area contributed by atoms with Crippen LogP contribution in [0.1, 0.15) is 25.9 Å². The van der Waals surface area contributed by atoms with Crippen LogP contribution in [0.5, 0.6) is 0 Å². The van der Waals surface area contributed by atoms with Crippen LogP contribution in [0, 0.1) is 6.92 Å². The van der Waals surface area contributed by atoms with Gasteiger partial charge in [0.1, 0.15) is 10.6 Å². The van der Waals surface area contributed by atoms with Crippen molar-refractivity contribution in [2.75, 3.05) is 7.11 Å². The summed E-state index contributed by atoms with van der Waals surface area (Å²) in [6.45, 7) is 1.65. The van der Waals surface area contributed by atoms with E-state index in [9.17, 15) is 9.59 Å². The molecule has 0 radical (unpaired) electrons. The maximum absolute atomic E-state index is 11.4. The average Bonchev–Trinajstić information content (AvgIpc) is 2.79. The van der Waals surface area contributed by atoms with Crippen molar-refractivity contribution in [2.45, 2.75) is 16.2 Å².